The van der Waals surface area contributed by atoms with Gasteiger partial charge in [0.25, 0.3) is 0 Å². The van der Waals surface area contributed by atoms with E-state index in [1.165, 1.54) is 18.4 Å². The number of rotatable bonds is 4. The van der Waals surface area contributed by atoms with Crippen LogP contribution in [-0.4, -0.2) is 34.2 Å². The van der Waals surface area contributed by atoms with Gasteiger partial charge in [0.15, 0.2) is 5.65 Å². The lowest BCUT2D eigenvalue weighted by molar-refractivity contribution is 0.392. The van der Waals surface area contributed by atoms with Crippen molar-refractivity contribution in [3.8, 4) is 0 Å². The lowest BCUT2D eigenvalue weighted by Crippen LogP contribution is -2.33. The molecule has 1 aliphatic heterocycles. The molecule has 1 aliphatic rings. The molecule has 3 heterocycles. The van der Waals surface area contributed by atoms with Gasteiger partial charge in [-0.3, -0.25) is 0 Å². The van der Waals surface area contributed by atoms with Crippen molar-refractivity contribution in [1.82, 2.24) is 19.9 Å². The summed E-state index contributed by atoms with van der Waals surface area (Å²) in [7, 11) is 0. The van der Waals surface area contributed by atoms with Crippen LogP contribution in [0.3, 0.4) is 0 Å². The van der Waals surface area contributed by atoms with Gasteiger partial charge in [0, 0.05) is 23.9 Å². The normalized spacial score (nSPS) is 19.1. The summed E-state index contributed by atoms with van der Waals surface area (Å²) in [6, 6.07) is 2.13. The Labute approximate surface area is 126 Å². The number of hydrogen-bond acceptors (Lipinski definition) is 4. The van der Waals surface area contributed by atoms with E-state index in [0.29, 0.717) is 5.92 Å². The third-order valence-corrected chi connectivity index (χ3v) is 4.44. The van der Waals surface area contributed by atoms with E-state index in [-0.39, 0.29) is 0 Å². The number of anilines is 1. The van der Waals surface area contributed by atoms with Crippen molar-refractivity contribution in [2.75, 3.05) is 25.0 Å². The molecule has 0 aliphatic carbocycles. The Morgan fingerprint density at radius 2 is 2.29 bits per heavy atom. The number of nitrogens with one attached hydrogen (secondary N) is 2. The molecule has 114 valence electrons. The van der Waals surface area contributed by atoms with Crippen molar-refractivity contribution < 1.29 is 0 Å². The van der Waals surface area contributed by atoms with Crippen LogP contribution in [0.25, 0.3) is 5.65 Å². The molecule has 0 bridgehead atoms. The quantitative estimate of drug-likeness (QED) is 0.906. The summed E-state index contributed by atoms with van der Waals surface area (Å²) in [5.41, 5.74) is 4.33. The highest BCUT2D eigenvalue weighted by Gasteiger charge is 2.15. The van der Waals surface area contributed by atoms with Crippen molar-refractivity contribution in [2.45, 2.75) is 40.0 Å². The summed E-state index contributed by atoms with van der Waals surface area (Å²) < 4.78 is 1.96. The summed E-state index contributed by atoms with van der Waals surface area (Å²) >= 11 is 0. The first-order chi connectivity index (χ1) is 10.2. The zero-order valence-electron chi connectivity index (χ0n) is 13.2. The van der Waals surface area contributed by atoms with E-state index in [1.54, 1.807) is 0 Å². The Morgan fingerprint density at radius 1 is 1.43 bits per heavy atom. The summed E-state index contributed by atoms with van der Waals surface area (Å²) in [5.74, 6) is 1.77. The van der Waals surface area contributed by atoms with E-state index < -0.39 is 0 Å². The van der Waals surface area contributed by atoms with Gasteiger partial charge in [-0.2, -0.15) is 9.61 Å². The largest absolute Gasteiger partial charge is 0.370 e. The molecule has 2 aromatic rings. The zero-order chi connectivity index (χ0) is 14.8. The molecule has 1 fully saturated rings. The van der Waals surface area contributed by atoms with Crippen molar-refractivity contribution in [1.29, 1.82) is 0 Å². The molecule has 2 N–H and O–H groups in total. The SMILES string of the molecule is CCc1cc(NC[C@H]2CCCNC2)n2nc(C)c(C)c2n1. The molecule has 5 heteroatoms. The van der Waals surface area contributed by atoms with E-state index in [4.69, 9.17) is 4.98 Å². The predicted molar refractivity (Wildman–Crippen MR) is 85.9 cm³/mol. The summed E-state index contributed by atoms with van der Waals surface area (Å²) in [5, 5.41) is 11.7. The van der Waals surface area contributed by atoms with E-state index in [1.807, 2.05) is 11.4 Å². The Morgan fingerprint density at radius 3 is 3.00 bits per heavy atom. The molecule has 0 aromatic carbocycles. The van der Waals surface area contributed by atoms with Crippen LogP contribution in [0.4, 0.5) is 5.82 Å². The number of piperidine rings is 1. The van der Waals surface area contributed by atoms with E-state index in [0.717, 1.165) is 48.9 Å². The molecule has 0 spiro atoms. The fraction of sp³-hybridized carbons (Fsp3) is 0.625. The molecule has 0 unspecified atom stereocenters. The van der Waals surface area contributed by atoms with Gasteiger partial charge in [0.05, 0.1) is 5.69 Å². The maximum Gasteiger partial charge on any atom is 0.160 e. The van der Waals surface area contributed by atoms with Crippen LogP contribution in [0.15, 0.2) is 6.07 Å². The number of hydrogen-bond donors (Lipinski definition) is 2. The minimum Gasteiger partial charge on any atom is -0.370 e. The standard InChI is InChI=1S/C16H25N5/c1-4-14-8-15(18-10-13-6-5-7-17-9-13)21-16(19-14)11(2)12(3)20-21/h8,13,17-18H,4-7,9-10H2,1-3H3/t13-/m0/s1. The average Bonchev–Trinajstić information content (AvgIpc) is 2.81. The Bertz CT molecular complexity index is 625. The van der Waals surface area contributed by atoms with Gasteiger partial charge in [0.1, 0.15) is 5.82 Å². The van der Waals surface area contributed by atoms with Gasteiger partial charge >= 0.3 is 0 Å². The third-order valence-electron chi connectivity index (χ3n) is 4.44. The molecule has 21 heavy (non-hydrogen) atoms. The minimum absolute atomic E-state index is 0.699. The second-order valence-electron chi connectivity index (χ2n) is 6.03. The van der Waals surface area contributed by atoms with Crippen LogP contribution in [0.2, 0.25) is 0 Å². The first-order valence-corrected chi connectivity index (χ1v) is 7.99. The van der Waals surface area contributed by atoms with Gasteiger partial charge in [-0.1, -0.05) is 6.92 Å². The van der Waals surface area contributed by atoms with Crippen LogP contribution in [0, 0.1) is 19.8 Å². The number of aryl methyl sites for hydroxylation is 3. The van der Waals surface area contributed by atoms with Crippen LogP contribution in [0.1, 0.15) is 36.7 Å². The summed E-state index contributed by atoms with van der Waals surface area (Å²) in [6.45, 7) is 9.55. The lowest BCUT2D eigenvalue weighted by atomic mass is 10.00. The fourth-order valence-corrected chi connectivity index (χ4v) is 2.93. The average molecular weight is 287 g/mol. The zero-order valence-corrected chi connectivity index (χ0v) is 13.2. The van der Waals surface area contributed by atoms with Gasteiger partial charge in [-0.15, -0.1) is 0 Å². The molecule has 2 aromatic heterocycles. The van der Waals surface area contributed by atoms with Gasteiger partial charge in [0.2, 0.25) is 0 Å². The van der Waals surface area contributed by atoms with Crippen LogP contribution >= 0.6 is 0 Å². The van der Waals surface area contributed by atoms with Crippen molar-refractivity contribution in [2.24, 2.45) is 5.92 Å². The fourth-order valence-electron chi connectivity index (χ4n) is 2.93. The molecule has 0 amide bonds. The Balaban J connectivity index is 1.87. The molecule has 3 rings (SSSR count). The Hall–Kier alpha value is -1.62. The highest BCUT2D eigenvalue weighted by Crippen LogP contribution is 2.19. The van der Waals surface area contributed by atoms with Crippen LogP contribution in [0.5, 0.6) is 0 Å². The maximum atomic E-state index is 4.72. The molecule has 5 nitrogen and oxygen atoms in total. The summed E-state index contributed by atoms with van der Waals surface area (Å²) in [4.78, 5) is 4.72. The van der Waals surface area contributed by atoms with Crippen LogP contribution < -0.4 is 10.6 Å². The summed E-state index contributed by atoms with van der Waals surface area (Å²) in [6.07, 6.45) is 3.52. The monoisotopic (exact) mass is 287 g/mol. The molecular weight excluding hydrogens is 262 g/mol. The minimum atomic E-state index is 0.699. The second-order valence-corrected chi connectivity index (χ2v) is 6.03. The molecule has 1 saturated heterocycles. The van der Waals surface area contributed by atoms with Gasteiger partial charge in [-0.05, 0) is 52.1 Å². The predicted octanol–water partition coefficient (Wildman–Crippen LogP) is 2.32. The molecular formula is C16H25N5. The molecule has 0 saturated carbocycles. The highest BCUT2D eigenvalue weighted by atomic mass is 15.3. The van der Waals surface area contributed by atoms with Crippen LogP contribution in [-0.2, 0) is 6.42 Å². The smallest absolute Gasteiger partial charge is 0.160 e. The topological polar surface area (TPSA) is 54.2 Å². The van der Waals surface area contributed by atoms with Crippen molar-refractivity contribution >= 4 is 11.5 Å². The lowest BCUT2D eigenvalue weighted by Gasteiger charge is -2.23. The maximum absolute atomic E-state index is 4.72. The van der Waals surface area contributed by atoms with E-state index >= 15 is 0 Å². The Kier molecular flexibility index (Phi) is 4.10. The third kappa shape index (κ3) is 2.88. The van der Waals surface area contributed by atoms with Crippen molar-refractivity contribution in [3.63, 3.8) is 0 Å². The van der Waals surface area contributed by atoms with Crippen molar-refractivity contribution in [3.05, 3.63) is 23.0 Å². The first-order valence-electron chi connectivity index (χ1n) is 7.99. The number of fused-ring (bicyclic) bond motifs is 1. The van der Waals surface area contributed by atoms with E-state index in [9.17, 15) is 0 Å². The van der Waals surface area contributed by atoms with Gasteiger partial charge in [-0.25, -0.2) is 4.98 Å². The molecule has 1 atom stereocenters. The second kappa shape index (κ2) is 6.02. The highest BCUT2D eigenvalue weighted by molar-refractivity contribution is 5.56. The number of aromatic nitrogens is 3. The van der Waals surface area contributed by atoms with Gasteiger partial charge < -0.3 is 10.6 Å². The van der Waals surface area contributed by atoms with E-state index in [2.05, 4.69) is 35.6 Å². The molecule has 0 radical (unpaired) electrons. The first kappa shape index (κ1) is 14.3. The number of nitrogens with zero attached hydrogens (tertiary/aromatic N) is 3.